The molecule has 0 aromatic carbocycles. The highest BCUT2D eigenvalue weighted by Crippen LogP contribution is 2.34. The third kappa shape index (κ3) is 7.33. The SMILES string of the molecule is CC(=O)OCC1O[C@H](OC(=N)C(Cl)(Cl)Cl)C(OC(C)=O)C(C)[C@H]1OC(C)=O. The molecule has 1 heterocycles. The summed E-state index contributed by atoms with van der Waals surface area (Å²) in [7, 11) is 0. The molecule has 0 radical (unpaired) electrons. The normalized spacial score (nSPS) is 28.0. The average molecular weight is 449 g/mol. The first kappa shape index (κ1) is 23.7. The van der Waals surface area contributed by atoms with Crippen LogP contribution in [-0.2, 0) is 38.1 Å². The molecule has 1 aliphatic rings. The Hall–Kier alpha value is -1.29. The van der Waals surface area contributed by atoms with Crippen LogP contribution in [-0.4, -0.2) is 58.8 Å². The van der Waals surface area contributed by atoms with Crippen LogP contribution in [0.5, 0.6) is 0 Å². The molecule has 9 nitrogen and oxygen atoms in total. The van der Waals surface area contributed by atoms with Gasteiger partial charge in [0.1, 0.15) is 18.8 Å². The van der Waals surface area contributed by atoms with Gasteiger partial charge in [-0.2, -0.15) is 0 Å². The van der Waals surface area contributed by atoms with Crippen molar-refractivity contribution in [2.45, 2.75) is 56.1 Å². The number of halogens is 3. The monoisotopic (exact) mass is 447 g/mol. The van der Waals surface area contributed by atoms with Crippen LogP contribution in [0, 0.1) is 11.3 Å². The van der Waals surface area contributed by atoms with Crippen molar-refractivity contribution in [3.63, 3.8) is 0 Å². The van der Waals surface area contributed by atoms with Gasteiger partial charge in [-0.25, -0.2) is 0 Å². The van der Waals surface area contributed by atoms with E-state index in [4.69, 9.17) is 63.9 Å². The lowest BCUT2D eigenvalue weighted by Gasteiger charge is -2.43. The van der Waals surface area contributed by atoms with E-state index in [-0.39, 0.29) is 6.61 Å². The van der Waals surface area contributed by atoms with Crippen molar-refractivity contribution in [3.8, 4) is 0 Å². The molecule has 12 heteroatoms. The summed E-state index contributed by atoms with van der Waals surface area (Å²) in [6.45, 7) is 4.89. The Morgan fingerprint density at radius 3 is 1.93 bits per heavy atom. The van der Waals surface area contributed by atoms with E-state index < -0.39 is 58.1 Å². The number of ether oxygens (including phenoxy) is 5. The molecule has 0 bridgehead atoms. The molecule has 1 rings (SSSR count). The van der Waals surface area contributed by atoms with E-state index in [0.29, 0.717) is 0 Å². The van der Waals surface area contributed by atoms with Crippen LogP contribution < -0.4 is 0 Å². The lowest BCUT2D eigenvalue weighted by molar-refractivity contribution is -0.275. The Balaban J connectivity index is 3.13. The maximum atomic E-state index is 11.5. The molecule has 0 aromatic rings. The van der Waals surface area contributed by atoms with Crippen molar-refractivity contribution in [1.82, 2.24) is 0 Å². The average Bonchev–Trinajstić information content (AvgIpc) is 2.50. The standard InChI is InChI=1S/C15H20Cl3NO8/c1-6-11(24-8(3)21)10(5-23-7(2)20)26-13(12(6)25-9(4)22)27-14(19)15(16,17)18/h6,10-13,19H,5H2,1-4H3/t6?,10?,11-,12?,13-/m1/s1. The number of carbonyl (C=O) groups excluding carboxylic acids is 3. The highest BCUT2D eigenvalue weighted by atomic mass is 35.6. The maximum Gasteiger partial charge on any atom is 0.303 e. The molecule has 0 amide bonds. The second-order valence-corrected chi connectivity index (χ2v) is 8.08. The van der Waals surface area contributed by atoms with E-state index in [1.165, 1.54) is 13.8 Å². The molecule has 27 heavy (non-hydrogen) atoms. The van der Waals surface area contributed by atoms with Gasteiger partial charge in [-0.3, -0.25) is 19.8 Å². The van der Waals surface area contributed by atoms with Crippen LogP contribution in [0.25, 0.3) is 0 Å². The number of esters is 3. The molecule has 5 atom stereocenters. The largest absolute Gasteiger partial charge is 0.463 e. The van der Waals surface area contributed by atoms with Crippen LogP contribution in [0.15, 0.2) is 0 Å². The van der Waals surface area contributed by atoms with E-state index in [0.717, 1.165) is 6.92 Å². The number of alkyl halides is 3. The van der Waals surface area contributed by atoms with E-state index in [1.807, 2.05) is 0 Å². The summed E-state index contributed by atoms with van der Waals surface area (Å²) >= 11 is 16.8. The van der Waals surface area contributed by atoms with Gasteiger partial charge in [-0.1, -0.05) is 41.7 Å². The van der Waals surface area contributed by atoms with Gasteiger partial charge in [0.15, 0.2) is 6.10 Å². The molecule has 1 saturated heterocycles. The molecule has 0 spiro atoms. The van der Waals surface area contributed by atoms with E-state index >= 15 is 0 Å². The fourth-order valence-electron chi connectivity index (χ4n) is 2.44. The van der Waals surface area contributed by atoms with Crippen molar-refractivity contribution in [2.24, 2.45) is 5.92 Å². The molecule has 0 aromatic heterocycles. The van der Waals surface area contributed by atoms with Crippen molar-refractivity contribution in [3.05, 3.63) is 0 Å². The first-order valence-corrected chi connectivity index (χ1v) is 8.92. The molecule has 154 valence electrons. The number of hydrogen-bond acceptors (Lipinski definition) is 9. The van der Waals surface area contributed by atoms with Gasteiger partial charge < -0.3 is 23.7 Å². The molecule has 3 unspecified atom stereocenters. The zero-order valence-corrected chi connectivity index (χ0v) is 17.3. The summed E-state index contributed by atoms with van der Waals surface area (Å²) in [6, 6.07) is 0. The summed E-state index contributed by atoms with van der Waals surface area (Å²) in [6.07, 6.45) is -4.34. The van der Waals surface area contributed by atoms with E-state index in [9.17, 15) is 14.4 Å². The molecule has 1 aliphatic heterocycles. The van der Waals surface area contributed by atoms with Gasteiger partial charge in [0.05, 0.1) is 0 Å². The first-order chi connectivity index (χ1) is 12.3. The molecule has 0 saturated carbocycles. The zero-order valence-electron chi connectivity index (χ0n) is 15.0. The molecule has 1 N–H and O–H groups in total. The Labute approximate surface area is 170 Å². The third-order valence-corrected chi connectivity index (χ3v) is 4.04. The Kier molecular flexibility index (Phi) is 8.59. The van der Waals surface area contributed by atoms with Gasteiger partial charge in [0, 0.05) is 26.7 Å². The molecular weight excluding hydrogens is 429 g/mol. The topological polar surface area (TPSA) is 121 Å². The fourth-order valence-corrected chi connectivity index (χ4v) is 2.57. The Bertz CT molecular complexity index is 592. The Morgan fingerprint density at radius 2 is 1.48 bits per heavy atom. The molecule has 1 fully saturated rings. The maximum absolute atomic E-state index is 11.5. The number of rotatable bonds is 5. The second kappa shape index (κ2) is 9.77. The number of carbonyl (C=O) groups is 3. The van der Waals surface area contributed by atoms with Gasteiger partial charge in [0.25, 0.3) is 3.79 Å². The van der Waals surface area contributed by atoms with Crippen LogP contribution in [0.4, 0.5) is 0 Å². The zero-order chi connectivity index (χ0) is 20.9. The van der Waals surface area contributed by atoms with Crippen LogP contribution in [0.1, 0.15) is 27.7 Å². The van der Waals surface area contributed by atoms with Gasteiger partial charge >= 0.3 is 17.9 Å². The summed E-state index contributed by atoms with van der Waals surface area (Å²) in [5.74, 6) is -3.27. The Morgan fingerprint density at radius 1 is 0.963 bits per heavy atom. The van der Waals surface area contributed by atoms with Gasteiger partial charge in [-0.05, 0) is 0 Å². The number of nitrogens with one attached hydrogen (secondary N) is 1. The predicted octanol–water partition coefficient (Wildman–Crippen LogP) is 2.14. The summed E-state index contributed by atoms with van der Waals surface area (Å²) in [4.78, 5) is 34.0. The molecule has 0 aliphatic carbocycles. The highest BCUT2D eigenvalue weighted by molar-refractivity contribution is 6.76. The lowest BCUT2D eigenvalue weighted by Crippen LogP contribution is -2.58. The van der Waals surface area contributed by atoms with Crippen LogP contribution in [0.2, 0.25) is 0 Å². The van der Waals surface area contributed by atoms with Gasteiger partial charge in [0.2, 0.25) is 12.2 Å². The summed E-state index contributed by atoms with van der Waals surface area (Å²) in [5.41, 5.74) is 0. The van der Waals surface area contributed by atoms with Crippen molar-refractivity contribution in [1.29, 1.82) is 5.41 Å². The smallest absolute Gasteiger partial charge is 0.303 e. The van der Waals surface area contributed by atoms with E-state index in [1.54, 1.807) is 6.92 Å². The minimum absolute atomic E-state index is 0.272. The first-order valence-electron chi connectivity index (χ1n) is 7.78. The minimum Gasteiger partial charge on any atom is -0.463 e. The number of hydrogen-bond donors (Lipinski definition) is 1. The third-order valence-electron chi connectivity index (χ3n) is 3.53. The predicted molar refractivity (Wildman–Crippen MR) is 94.7 cm³/mol. The lowest BCUT2D eigenvalue weighted by atomic mass is 9.90. The second-order valence-electron chi connectivity index (χ2n) is 5.80. The minimum atomic E-state index is -2.18. The van der Waals surface area contributed by atoms with Crippen molar-refractivity contribution in [2.75, 3.05) is 6.61 Å². The quantitative estimate of drug-likeness (QED) is 0.223. The van der Waals surface area contributed by atoms with Crippen LogP contribution >= 0.6 is 34.8 Å². The summed E-state index contributed by atoms with van der Waals surface area (Å²) in [5, 5.41) is 7.70. The van der Waals surface area contributed by atoms with Crippen molar-refractivity contribution < 1.29 is 38.1 Å². The summed E-state index contributed by atoms with van der Waals surface area (Å²) < 4.78 is 24.1. The van der Waals surface area contributed by atoms with Gasteiger partial charge in [-0.15, -0.1) is 0 Å². The van der Waals surface area contributed by atoms with Crippen LogP contribution in [0.3, 0.4) is 0 Å². The molecular formula is C15H20Cl3NO8. The van der Waals surface area contributed by atoms with E-state index in [2.05, 4.69) is 0 Å². The fraction of sp³-hybridized carbons (Fsp3) is 0.733. The van der Waals surface area contributed by atoms with Crippen molar-refractivity contribution >= 4 is 58.6 Å². The highest BCUT2D eigenvalue weighted by Gasteiger charge is 2.50.